The van der Waals surface area contributed by atoms with Crippen molar-refractivity contribution >= 4 is 24.7 Å². The second-order valence-electron chi connectivity index (χ2n) is 10.5. The topological polar surface area (TPSA) is 63.2 Å². The van der Waals surface area contributed by atoms with Crippen LogP contribution in [0, 0.1) is 29.1 Å². The molecular formula is C31H35F5O6Si. The molecule has 0 heterocycles. The van der Waals surface area contributed by atoms with Crippen LogP contribution in [0.5, 0.6) is 5.75 Å². The number of ether oxygens (including phenoxy) is 4. The molecule has 0 atom stereocenters. The van der Waals surface area contributed by atoms with Gasteiger partial charge in [0.25, 0.3) is 8.32 Å². The Hall–Kier alpha value is -3.16. The summed E-state index contributed by atoms with van der Waals surface area (Å²) in [5, 5.41) is 2.23. The van der Waals surface area contributed by atoms with Crippen molar-refractivity contribution < 1.29 is 50.1 Å². The van der Waals surface area contributed by atoms with Crippen LogP contribution in [0.2, 0.25) is 5.04 Å². The van der Waals surface area contributed by atoms with Gasteiger partial charge < -0.3 is 23.4 Å². The molecule has 0 unspecified atom stereocenters. The van der Waals surface area contributed by atoms with Crippen molar-refractivity contribution in [2.45, 2.75) is 32.2 Å². The van der Waals surface area contributed by atoms with Gasteiger partial charge in [-0.2, -0.15) is 8.78 Å². The lowest BCUT2D eigenvalue weighted by molar-refractivity contribution is -0.136. The first-order chi connectivity index (χ1) is 20.5. The van der Waals surface area contributed by atoms with E-state index >= 15 is 0 Å². The predicted octanol–water partition coefficient (Wildman–Crippen LogP) is 5.30. The Morgan fingerprint density at radius 2 is 1.00 bits per heavy atom. The van der Waals surface area contributed by atoms with Gasteiger partial charge in [0.2, 0.25) is 34.8 Å². The highest BCUT2D eigenvalue weighted by atomic mass is 28.4. The number of hydrogen-bond acceptors (Lipinski definition) is 6. The fourth-order valence-electron chi connectivity index (χ4n) is 4.55. The minimum atomic E-state index is -2.63. The molecule has 0 saturated carbocycles. The lowest BCUT2D eigenvalue weighted by Crippen LogP contribution is -2.66. The van der Waals surface area contributed by atoms with Crippen LogP contribution in [0.1, 0.15) is 27.2 Å². The maximum atomic E-state index is 13.6. The van der Waals surface area contributed by atoms with Gasteiger partial charge in [0.05, 0.1) is 52.7 Å². The molecule has 12 heteroatoms. The third-order valence-electron chi connectivity index (χ3n) is 6.54. The Labute approximate surface area is 248 Å². The summed E-state index contributed by atoms with van der Waals surface area (Å²) in [6, 6.07) is 20.6. The molecule has 3 aromatic carbocycles. The molecule has 0 aliphatic carbocycles. The Kier molecular flexibility index (Phi) is 12.8. The summed E-state index contributed by atoms with van der Waals surface area (Å²) in [6.07, 6.45) is -0.478. The van der Waals surface area contributed by atoms with Crippen molar-refractivity contribution in [2.75, 3.05) is 46.2 Å². The lowest BCUT2D eigenvalue weighted by Gasteiger charge is -2.43. The maximum absolute atomic E-state index is 13.6. The molecule has 0 aliphatic heterocycles. The largest absolute Gasteiger partial charge is 0.420 e. The van der Waals surface area contributed by atoms with Gasteiger partial charge in [0.1, 0.15) is 0 Å². The van der Waals surface area contributed by atoms with Crippen LogP contribution in [0.3, 0.4) is 0 Å². The maximum Gasteiger partial charge on any atom is 0.313 e. The molecule has 0 N–H and O–H groups in total. The Morgan fingerprint density at radius 3 is 1.44 bits per heavy atom. The molecule has 0 spiro atoms. The molecule has 234 valence electrons. The van der Waals surface area contributed by atoms with E-state index in [1.54, 1.807) is 0 Å². The third kappa shape index (κ3) is 8.70. The molecule has 0 amide bonds. The fraction of sp³-hybridized carbons (Fsp3) is 0.387. The lowest BCUT2D eigenvalue weighted by atomic mass is 10.2. The zero-order chi connectivity index (χ0) is 31.5. The van der Waals surface area contributed by atoms with Crippen molar-refractivity contribution in [3.63, 3.8) is 0 Å². The van der Waals surface area contributed by atoms with Gasteiger partial charge >= 0.3 is 5.97 Å². The van der Waals surface area contributed by atoms with Crippen molar-refractivity contribution in [1.82, 2.24) is 0 Å². The predicted molar refractivity (Wildman–Crippen MR) is 153 cm³/mol. The quantitative estimate of drug-likeness (QED) is 0.0409. The molecule has 0 fully saturated rings. The van der Waals surface area contributed by atoms with Gasteiger partial charge in [-0.1, -0.05) is 81.4 Å². The van der Waals surface area contributed by atoms with Crippen LogP contribution in [0.25, 0.3) is 0 Å². The van der Waals surface area contributed by atoms with Crippen molar-refractivity contribution in [2.24, 2.45) is 0 Å². The second-order valence-corrected chi connectivity index (χ2v) is 14.8. The summed E-state index contributed by atoms with van der Waals surface area (Å²) >= 11 is 0. The summed E-state index contributed by atoms with van der Waals surface area (Å²) in [4.78, 5) is 11.7. The normalized spacial score (nSPS) is 12.0. The van der Waals surface area contributed by atoms with Gasteiger partial charge in [0, 0.05) is 0 Å². The highest BCUT2D eigenvalue weighted by Crippen LogP contribution is 2.36. The average molecular weight is 627 g/mol. The van der Waals surface area contributed by atoms with E-state index in [2.05, 4.69) is 49.8 Å². The molecule has 0 bridgehead atoms. The summed E-state index contributed by atoms with van der Waals surface area (Å²) < 4.78 is 94.1. The van der Waals surface area contributed by atoms with E-state index in [4.69, 9.17) is 18.6 Å². The standard InChI is InChI=1S/C31H35F5O6Si/c1-31(2,3)43(22-10-6-4-7-11-22,23-12-8-5-9-13-23)41-21-20-40-19-18-39-17-16-38-15-14-24(37)42-30-28(35)26(33)25(32)27(34)29(30)36/h4-13H,14-21H2,1-3H3. The van der Waals surface area contributed by atoms with Crippen LogP contribution in [-0.2, 0) is 23.4 Å². The molecule has 6 nitrogen and oxygen atoms in total. The first-order valence-corrected chi connectivity index (χ1v) is 15.6. The highest BCUT2D eigenvalue weighted by molar-refractivity contribution is 6.99. The van der Waals surface area contributed by atoms with Crippen LogP contribution >= 0.6 is 0 Å². The van der Waals surface area contributed by atoms with Gasteiger partial charge in [-0.3, -0.25) is 4.79 Å². The van der Waals surface area contributed by atoms with Gasteiger partial charge in [-0.15, -0.1) is 0 Å². The monoisotopic (exact) mass is 626 g/mol. The number of hydrogen-bond donors (Lipinski definition) is 0. The number of benzene rings is 3. The minimum Gasteiger partial charge on any atom is -0.420 e. The van der Waals surface area contributed by atoms with Crippen molar-refractivity contribution in [3.8, 4) is 5.75 Å². The van der Waals surface area contributed by atoms with Crippen LogP contribution < -0.4 is 15.1 Å². The third-order valence-corrected chi connectivity index (χ3v) is 11.6. The van der Waals surface area contributed by atoms with Crippen LogP contribution in [-0.4, -0.2) is 60.5 Å². The van der Waals surface area contributed by atoms with E-state index in [0.29, 0.717) is 19.8 Å². The Balaban J connectivity index is 1.34. The molecule has 0 aromatic heterocycles. The number of carbonyl (C=O) groups is 1. The molecule has 0 saturated heterocycles. The second kappa shape index (κ2) is 16.1. The van der Waals surface area contributed by atoms with Crippen LogP contribution in [0.15, 0.2) is 60.7 Å². The average Bonchev–Trinajstić information content (AvgIpc) is 3.00. The molecule has 0 aliphatic rings. The fourth-order valence-corrected chi connectivity index (χ4v) is 9.10. The number of esters is 1. The van der Waals surface area contributed by atoms with E-state index in [-0.39, 0.29) is 31.5 Å². The van der Waals surface area contributed by atoms with Gasteiger partial charge in [-0.25, -0.2) is 13.2 Å². The zero-order valence-corrected chi connectivity index (χ0v) is 25.3. The van der Waals surface area contributed by atoms with Crippen LogP contribution in [0.4, 0.5) is 22.0 Å². The van der Waals surface area contributed by atoms with Gasteiger partial charge in [0.15, 0.2) is 0 Å². The number of halogens is 5. The Bertz CT molecular complexity index is 1250. The number of rotatable bonds is 16. The molecule has 3 aromatic rings. The summed E-state index contributed by atoms with van der Waals surface area (Å²) in [6.45, 7) is 8.02. The first kappa shape index (κ1) is 34.3. The van der Waals surface area contributed by atoms with Crippen molar-refractivity contribution in [1.29, 1.82) is 0 Å². The SMILES string of the molecule is CC(C)(C)[Si](OCCOCCOCCOCCC(=O)Oc1c(F)c(F)c(F)c(F)c1F)(c1ccccc1)c1ccccc1. The molecule has 0 radical (unpaired) electrons. The highest BCUT2D eigenvalue weighted by Gasteiger charge is 2.50. The van der Waals surface area contributed by atoms with Crippen molar-refractivity contribution in [3.05, 3.63) is 89.7 Å². The minimum absolute atomic E-state index is 0.0901. The summed E-state index contributed by atoms with van der Waals surface area (Å²) in [5.74, 6) is -14.1. The van der Waals surface area contributed by atoms with E-state index in [1.807, 2.05) is 36.4 Å². The zero-order valence-electron chi connectivity index (χ0n) is 24.3. The Morgan fingerprint density at radius 1 is 0.605 bits per heavy atom. The smallest absolute Gasteiger partial charge is 0.313 e. The van der Waals surface area contributed by atoms with E-state index in [9.17, 15) is 26.7 Å². The molecule has 43 heavy (non-hydrogen) atoms. The summed E-state index contributed by atoms with van der Waals surface area (Å²) in [5.41, 5.74) is 0. The van der Waals surface area contributed by atoms with E-state index < -0.39 is 55.5 Å². The van der Waals surface area contributed by atoms with E-state index in [1.165, 1.54) is 10.4 Å². The van der Waals surface area contributed by atoms with Gasteiger partial charge in [-0.05, 0) is 15.4 Å². The molecular weight excluding hydrogens is 591 g/mol. The summed E-state index contributed by atoms with van der Waals surface area (Å²) in [7, 11) is -2.63. The number of carbonyl (C=O) groups excluding carboxylic acids is 1. The molecule has 3 rings (SSSR count). The van der Waals surface area contributed by atoms with E-state index in [0.717, 1.165) is 0 Å². The first-order valence-electron chi connectivity index (χ1n) is 13.7.